The van der Waals surface area contributed by atoms with Gasteiger partial charge in [-0.05, 0) is 31.6 Å². The molecule has 0 spiro atoms. The summed E-state index contributed by atoms with van der Waals surface area (Å²) in [6.07, 6.45) is 7.41. The second-order valence-electron chi connectivity index (χ2n) is 5.23. The van der Waals surface area contributed by atoms with Gasteiger partial charge in [-0.3, -0.25) is 0 Å². The normalized spacial score (nSPS) is 22.2. The standard InChI is InChI=1S/C13H27NO3S/c1-3-5-8-13-9-7-10-14(12-13)17-18(15,16)11-6-4-2/h13H,3-12H2,1-2H3. The van der Waals surface area contributed by atoms with Gasteiger partial charge in [0.1, 0.15) is 0 Å². The molecule has 108 valence electrons. The molecule has 0 aromatic rings. The van der Waals surface area contributed by atoms with Crippen molar-refractivity contribution >= 4 is 10.1 Å². The van der Waals surface area contributed by atoms with Crippen LogP contribution in [0.1, 0.15) is 58.8 Å². The molecule has 0 aliphatic carbocycles. The van der Waals surface area contributed by atoms with Gasteiger partial charge >= 0.3 is 0 Å². The van der Waals surface area contributed by atoms with Gasteiger partial charge in [0.2, 0.25) is 0 Å². The van der Waals surface area contributed by atoms with Crippen LogP contribution < -0.4 is 0 Å². The molecule has 4 nitrogen and oxygen atoms in total. The van der Waals surface area contributed by atoms with Crippen molar-refractivity contribution in [2.75, 3.05) is 18.8 Å². The summed E-state index contributed by atoms with van der Waals surface area (Å²) in [5, 5.41) is 1.66. The Hall–Kier alpha value is -0.130. The molecule has 0 radical (unpaired) electrons. The van der Waals surface area contributed by atoms with E-state index in [1.165, 1.54) is 25.7 Å². The third-order valence-electron chi connectivity index (χ3n) is 3.41. The maximum atomic E-state index is 11.7. The first-order chi connectivity index (χ1) is 8.57. The van der Waals surface area contributed by atoms with Crippen molar-refractivity contribution in [3.63, 3.8) is 0 Å². The van der Waals surface area contributed by atoms with E-state index in [4.69, 9.17) is 4.28 Å². The molecule has 1 heterocycles. The van der Waals surface area contributed by atoms with Gasteiger partial charge in [-0.15, -0.1) is 0 Å². The van der Waals surface area contributed by atoms with Crippen LogP contribution in [0.25, 0.3) is 0 Å². The van der Waals surface area contributed by atoms with Crippen LogP contribution in [0.4, 0.5) is 0 Å². The maximum Gasteiger partial charge on any atom is 0.283 e. The first-order valence-corrected chi connectivity index (χ1v) is 8.82. The average Bonchev–Trinajstić information content (AvgIpc) is 2.34. The highest BCUT2D eigenvalue weighted by atomic mass is 32.2. The lowest BCUT2D eigenvalue weighted by Crippen LogP contribution is -2.37. The van der Waals surface area contributed by atoms with E-state index in [9.17, 15) is 8.42 Å². The number of hydrogen-bond acceptors (Lipinski definition) is 4. The van der Waals surface area contributed by atoms with Gasteiger partial charge in [0.15, 0.2) is 0 Å². The first-order valence-electron chi connectivity index (χ1n) is 7.24. The second-order valence-corrected chi connectivity index (χ2v) is 6.90. The van der Waals surface area contributed by atoms with E-state index in [1.54, 1.807) is 5.06 Å². The quantitative estimate of drug-likeness (QED) is 0.684. The Morgan fingerprint density at radius 3 is 2.61 bits per heavy atom. The van der Waals surface area contributed by atoms with Gasteiger partial charge < -0.3 is 0 Å². The lowest BCUT2D eigenvalue weighted by Gasteiger charge is -2.31. The van der Waals surface area contributed by atoms with Crippen molar-refractivity contribution in [1.82, 2.24) is 5.06 Å². The van der Waals surface area contributed by atoms with Gasteiger partial charge in [-0.2, -0.15) is 17.8 Å². The molecular weight excluding hydrogens is 250 g/mol. The minimum absolute atomic E-state index is 0.139. The maximum absolute atomic E-state index is 11.7. The fourth-order valence-corrected chi connectivity index (χ4v) is 3.52. The van der Waals surface area contributed by atoms with E-state index in [0.717, 1.165) is 25.9 Å². The monoisotopic (exact) mass is 277 g/mol. The zero-order valence-corrected chi connectivity index (χ0v) is 12.5. The molecule has 1 fully saturated rings. The van der Waals surface area contributed by atoms with Crippen molar-refractivity contribution in [1.29, 1.82) is 0 Å². The molecule has 1 atom stereocenters. The highest BCUT2D eigenvalue weighted by molar-refractivity contribution is 7.86. The smallest absolute Gasteiger partial charge is 0.198 e. The highest BCUT2D eigenvalue weighted by Gasteiger charge is 2.24. The zero-order chi connectivity index (χ0) is 13.4. The minimum Gasteiger partial charge on any atom is -0.198 e. The predicted molar refractivity (Wildman–Crippen MR) is 73.6 cm³/mol. The Balaban J connectivity index is 2.37. The summed E-state index contributed by atoms with van der Waals surface area (Å²) in [7, 11) is -3.36. The Bertz CT molecular complexity index is 316. The molecular formula is C13H27NO3S. The van der Waals surface area contributed by atoms with E-state index < -0.39 is 10.1 Å². The fraction of sp³-hybridized carbons (Fsp3) is 1.00. The summed E-state index contributed by atoms with van der Waals surface area (Å²) in [5.74, 6) is 0.736. The molecule has 1 aliphatic rings. The largest absolute Gasteiger partial charge is 0.283 e. The van der Waals surface area contributed by atoms with Crippen molar-refractivity contribution in [2.24, 2.45) is 5.92 Å². The molecule has 1 unspecified atom stereocenters. The number of nitrogens with zero attached hydrogens (tertiary/aromatic N) is 1. The molecule has 0 saturated carbocycles. The van der Waals surface area contributed by atoms with Gasteiger partial charge in [0.05, 0.1) is 5.75 Å². The van der Waals surface area contributed by atoms with E-state index in [1.807, 2.05) is 6.92 Å². The van der Waals surface area contributed by atoms with Crippen LogP contribution in [-0.4, -0.2) is 32.3 Å². The van der Waals surface area contributed by atoms with E-state index in [-0.39, 0.29) is 5.75 Å². The van der Waals surface area contributed by atoms with Crippen LogP contribution in [0.3, 0.4) is 0 Å². The number of piperidine rings is 1. The summed E-state index contributed by atoms with van der Waals surface area (Å²) in [5.41, 5.74) is 0. The van der Waals surface area contributed by atoms with Crippen LogP contribution in [0.15, 0.2) is 0 Å². The Labute approximate surface area is 112 Å². The van der Waals surface area contributed by atoms with E-state index >= 15 is 0 Å². The lowest BCUT2D eigenvalue weighted by molar-refractivity contribution is -0.0825. The number of rotatable bonds is 8. The Morgan fingerprint density at radius 1 is 1.22 bits per heavy atom. The average molecular weight is 277 g/mol. The topological polar surface area (TPSA) is 46.6 Å². The Morgan fingerprint density at radius 2 is 1.94 bits per heavy atom. The molecule has 0 aromatic carbocycles. The van der Waals surface area contributed by atoms with Crippen molar-refractivity contribution in [3.05, 3.63) is 0 Å². The van der Waals surface area contributed by atoms with Crippen LogP contribution in [0.2, 0.25) is 0 Å². The lowest BCUT2D eigenvalue weighted by atomic mass is 9.94. The zero-order valence-electron chi connectivity index (χ0n) is 11.7. The van der Waals surface area contributed by atoms with Crippen LogP contribution in [-0.2, 0) is 14.4 Å². The van der Waals surface area contributed by atoms with Gasteiger partial charge in [-0.1, -0.05) is 33.1 Å². The summed E-state index contributed by atoms with van der Waals surface area (Å²) in [6, 6.07) is 0. The number of hydroxylamine groups is 2. The molecule has 0 aromatic heterocycles. The summed E-state index contributed by atoms with van der Waals surface area (Å²) >= 11 is 0. The first kappa shape index (κ1) is 15.9. The fourth-order valence-electron chi connectivity index (χ4n) is 2.34. The third-order valence-corrected chi connectivity index (χ3v) is 4.64. The van der Waals surface area contributed by atoms with Gasteiger partial charge in [0.25, 0.3) is 10.1 Å². The van der Waals surface area contributed by atoms with Gasteiger partial charge in [0, 0.05) is 13.1 Å². The van der Waals surface area contributed by atoms with Crippen molar-refractivity contribution in [2.45, 2.75) is 58.8 Å². The second kappa shape index (κ2) is 8.12. The number of unbranched alkanes of at least 4 members (excludes halogenated alkanes) is 2. The predicted octanol–water partition coefficient (Wildman–Crippen LogP) is 2.95. The summed E-state index contributed by atoms with van der Waals surface area (Å²) in [6.45, 7) is 5.68. The van der Waals surface area contributed by atoms with Crippen molar-refractivity contribution in [3.8, 4) is 0 Å². The van der Waals surface area contributed by atoms with Gasteiger partial charge in [-0.25, -0.2) is 0 Å². The summed E-state index contributed by atoms with van der Waals surface area (Å²) < 4.78 is 28.6. The van der Waals surface area contributed by atoms with Crippen molar-refractivity contribution < 1.29 is 12.7 Å². The molecule has 1 rings (SSSR count). The molecule has 0 N–H and O–H groups in total. The molecule has 0 bridgehead atoms. The Kier molecular flexibility index (Phi) is 7.19. The van der Waals surface area contributed by atoms with E-state index in [2.05, 4.69) is 6.92 Å². The van der Waals surface area contributed by atoms with E-state index in [0.29, 0.717) is 12.3 Å². The molecule has 1 aliphatic heterocycles. The molecule has 0 amide bonds. The SMILES string of the molecule is CCCCC1CCCN(OS(=O)(=O)CCCC)C1. The van der Waals surface area contributed by atoms with Crippen LogP contribution in [0.5, 0.6) is 0 Å². The number of hydrogen-bond donors (Lipinski definition) is 0. The highest BCUT2D eigenvalue weighted by Crippen LogP contribution is 2.22. The third kappa shape index (κ3) is 6.16. The minimum atomic E-state index is -3.36. The molecule has 5 heteroatoms. The molecule has 18 heavy (non-hydrogen) atoms. The summed E-state index contributed by atoms with van der Waals surface area (Å²) in [4.78, 5) is 0. The van der Waals surface area contributed by atoms with Crippen LogP contribution in [0, 0.1) is 5.92 Å². The van der Waals surface area contributed by atoms with Crippen LogP contribution >= 0.6 is 0 Å². The molecule has 1 saturated heterocycles.